The van der Waals surface area contributed by atoms with Gasteiger partial charge in [-0.3, -0.25) is 4.79 Å². The van der Waals surface area contributed by atoms with Gasteiger partial charge in [-0.2, -0.15) is 11.8 Å². The highest BCUT2D eigenvalue weighted by molar-refractivity contribution is 7.99. The Morgan fingerprint density at radius 1 is 1.57 bits per heavy atom. The molecule has 1 fully saturated rings. The van der Waals surface area contributed by atoms with Gasteiger partial charge in [0.05, 0.1) is 6.42 Å². The molecule has 0 bridgehead atoms. The van der Waals surface area contributed by atoms with Crippen molar-refractivity contribution >= 4 is 23.5 Å². The molecular formula is C8H15N3O2S. The molecule has 0 aliphatic carbocycles. The topological polar surface area (TPSA) is 87.7 Å². The maximum Gasteiger partial charge on any atom is 0.227 e. The van der Waals surface area contributed by atoms with Crippen molar-refractivity contribution in [3.05, 3.63) is 0 Å². The number of nitrogens with one attached hydrogen (secondary N) is 1. The van der Waals surface area contributed by atoms with Gasteiger partial charge in [0.2, 0.25) is 5.91 Å². The average molecular weight is 217 g/mol. The van der Waals surface area contributed by atoms with Crippen molar-refractivity contribution in [3.8, 4) is 0 Å². The van der Waals surface area contributed by atoms with Gasteiger partial charge in [0.25, 0.3) is 0 Å². The van der Waals surface area contributed by atoms with E-state index in [2.05, 4.69) is 10.5 Å². The number of carbonyl (C=O) groups is 1. The highest BCUT2D eigenvalue weighted by atomic mass is 32.2. The van der Waals surface area contributed by atoms with Gasteiger partial charge >= 0.3 is 0 Å². The van der Waals surface area contributed by atoms with Crippen LogP contribution < -0.4 is 11.1 Å². The second kappa shape index (κ2) is 5.74. The van der Waals surface area contributed by atoms with Gasteiger partial charge in [-0.15, -0.1) is 0 Å². The van der Waals surface area contributed by atoms with Crippen LogP contribution in [-0.4, -0.2) is 34.5 Å². The van der Waals surface area contributed by atoms with Crippen molar-refractivity contribution < 1.29 is 10.0 Å². The minimum Gasteiger partial charge on any atom is -0.409 e. The number of oxime groups is 1. The molecule has 0 unspecified atom stereocenters. The molecule has 4 N–H and O–H groups in total. The van der Waals surface area contributed by atoms with Crippen molar-refractivity contribution in [2.75, 3.05) is 11.5 Å². The largest absolute Gasteiger partial charge is 0.409 e. The van der Waals surface area contributed by atoms with Crippen LogP contribution in [0.4, 0.5) is 0 Å². The van der Waals surface area contributed by atoms with Crippen molar-refractivity contribution in [2.24, 2.45) is 10.9 Å². The summed E-state index contributed by atoms with van der Waals surface area (Å²) in [7, 11) is 0. The third-order valence-corrected chi connectivity index (χ3v) is 3.11. The van der Waals surface area contributed by atoms with E-state index in [1.165, 1.54) is 0 Å². The molecule has 1 heterocycles. The molecule has 80 valence electrons. The molecule has 1 amide bonds. The summed E-state index contributed by atoms with van der Waals surface area (Å²) in [4.78, 5) is 11.3. The van der Waals surface area contributed by atoms with E-state index in [-0.39, 0.29) is 24.2 Å². The third-order valence-electron chi connectivity index (χ3n) is 2.06. The second-order valence-corrected chi connectivity index (χ2v) is 4.45. The number of carbonyl (C=O) groups excluding carboxylic acids is 1. The fraction of sp³-hybridized carbons (Fsp3) is 0.750. The molecule has 0 aromatic carbocycles. The first-order valence-electron chi connectivity index (χ1n) is 4.56. The summed E-state index contributed by atoms with van der Waals surface area (Å²) in [6.45, 7) is 0. The van der Waals surface area contributed by atoms with Gasteiger partial charge in [-0.1, -0.05) is 5.16 Å². The normalized spacial score (nSPS) is 19.3. The SMILES string of the molecule is NC(CC(=O)NC1CCSCC1)=NO. The Kier molecular flexibility index (Phi) is 4.58. The summed E-state index contributed by atoms with van der Waals surface area (Å²) in [5.41, 5.74) is 5.21. The molecule has 0 spiro atoms. The van der Waals surface area contributed by atoms with E-state index >= 15 is 0 Å². The van der Waals surface area contributed by atoms with Crippen LogP contribution in [-0.2, 0) is 4.79 Å². The van der Waals surface area contributed by atoms with Crippen LogP contribution in [0, 0.1) is 0 Å². The molecule has 6 heteroatoms. The quantitative estimate of drug-likeness (QED) is 0.271. The number of hydrogen-bond donors (Lipinski definition) is 3. The zero-order valence-corrected chi connectivity index (χ0v) is 8.72. The Hall–Kier alpha value is -0.910. The van der Waals surface area contributed by atoms with Gasteiger partial charge in [-0.05, 0) is 24.3 Å². The van der Waals surface area contributed by atoms with Crippen LogP contribution in [0.3, 0.4) is 0 Å². The van der Waals surface area contributed by atoms with Crippen LogP contribution in [0.1, 0.15) is 19.3 Å². The van der Waals surface area contributed by atoms with Gasteiger partial charge in [0.1, 0.15) is 5.84 Å². The molecule has 0 aromatic heterocycles. The number of amides is 1. The zero-order chi connectivity index (χ0) is 10.4. The van der Waals surface area contributed by atoms with Crippen molar-refractivity contribution in [1.29, 1.82) is 0 Å². The van der Waals surface area contributed by atoms with E-state index in [0.29, 0.717) is 0 Å². The highest BCUT2D eigenvalue weighted by Crippen LogP contribution is 2.16. The Labute approximate surface area is 87.1 Å². The Balaban J connectivity index is 2.25. The minimum absolute atomic E-state index is 0.0276. The first-order chi connectivity index (χ1) is 6.72. The van der Waals surface area contributed by atoms with Crippen LogP contribution in [0.15, 0.2) is 5.16 Å². The molecule has 0 saturated carbocycles. The molecule has 1 aliphatic heterocycles. The maximum atomic E-state index is 11.3. The smallest absolute Gasteiger partial charge is 0.227 e. The van der Waals surface area contributed by atoms with E-state index < -0.39 is 0 Å². The van der Waals surface area contributed by atoms with E-state index in [9.17, 15) is 4.79 Å². The minimum atomic E-state index is -0.169. The molecule has 1 aliphatic rings. The summed E-state index contributed by atoms with van der Waals surface area (Å²) >= 11 is 1.90. The Morgan fingerprint density at radius 3 is 2.79 bits per heavy atom. The summed E-state index contributed by atoms with van der Waals surface area (Å²) in [5.74, 6) is 1.97. The molecule has 1 rings (SSSR count). The monoisotopic (exact) mass is 217 g/mol. The average Bonchev–Trinajstić information content (AvgIpc) is 2.19. The third kappa shape index (κ3) is 3.87. The molecule has 5 nitrogen and oxygen atoms in total. The first kappa shape index (κ1) is 11.2. The van der Waals surface area contributed by atoms with Crippen molar-refractivity contribution in [3.63, 3.8) is 0 Å². The summed E-state index contributed by atoms with van der Waals surface area (Å²) in [6.07, 6.45) is 1.99. The predicted octanol–water partition coefficient (Wildman–Crippen LogP) is 0.135. The summed E-state index contributed by atoms with van der Waals surface area (Å²) < 4.78 is 0. The van der Waals surface area contributed by atoms with Gasteiger partial charge in [-0.25, -0.2) is 0 Å². The molecular weight excluding hydrogens is 202 g/mol. The predicted molar refractivity (Wildman–Crippen MR) is 56.5 cm³/mol. The van der Waals surface area contributed by atoms with Gasteiger partial charge < -0.3 is 16.3 Å². The lowest BCUT2D eigenvalue weighted by Crippen LogP contribution is -2.39. The van der Waals surface area contributed by atoms with Crippen LogP contribution in [0.25, 0.3) is 0 Å². The molecule has 0 aromatic rings. The number of thioether (sulfide) groups is 1. The molecule has 14 heavy (non-hydrogen) atoms. The zero-order valence-electron chi connectivity index (χ0n) is 7.90. The van der Waals surface area contributed by atoms with Crippen molar-refractivity contribution in [1.82, 2.24) is 5.32 Å². The van der Waals surface area contributed by atoms with Gasteiger partial charge in [0.15, 0.2) is 0 Å². The van der Waals surface area contributed by atoms with E-state index in [1.807, 2.05) is 11.8 Å². The number of hydrogen-bond acceptors (Lipinski definition) is 4. The molecule has 0 radical (unpaired) electrons. The number of amidine groups is 1. The lowest BCUT2D eigenvalue weighted by atomic mass is 10.1. The Morgan fingerprint density at radius 2 is 2.21 bits per heavy atom. The maximum absolute atomic E-state index is 11.3. The molecule has 0 atom stereocenters. The summed E-state index contributed by atoms with van der Waals surface area (Å²) in [6, 6.07) is 0.259. The number of rotatable bonds is 3. The van der Waals surface area contributed by atoms with Crippen LogP contribution in [0.5, 0.6) is 0 Å². The van der Waals surface area contributed by atoms with Crippen LogP contribution in [0.2, 0.25) is 0 Å². The second-order valence-electron chi connectivity index (χ2n) is 3.22. The number of nitrogens with zero attached hydrogens (tertiary/aromatic N) is 1. The van der Waals surface area contributed by atoms with E-state index in [4.69, 9.17) is 10.9 Å². The number of nitrogens with two attached hydrogens (primary N) is 1. The lowest BCUT2D eigenvalue weighted by molar-refractivity contribution is -0.120. The highest BCUT2D eigenvalue weighted by Gasteiger charge is 2.16. The van der Waals surface area contributed by atoms with Crippen LogP contribution >= 0.6 is 11.8 Å². The lowest BCUT2D eigenvalue weighted by Gasteiger charge is -2.22. The Bertz CT molecular complexity index is 227. The van der Waals surface area contributed by atoms with E-state index in [0.717, 1.165) is 24.3 Å². The summed E-state index contributed by atoms with van der Waals surface area (Å²) in [5, 5.41) is 13.9. The standard InChI is InChI=1S/C8H15N3O2S/c9-7(11-13)5-8(12)10-6-1-3-14-4-2-6/h6,13H,1-5H2,(H2,9,11)(H,10,12). The fourth-order valence-electron chi connectivity index (χ4n) is 1.32. The molecule has 1 saturated heterocycles. The van der Waals surface area contributed by atoms with Crippen molar-refractivity contribution in [2.45, 2.75) is 25.3 Å². The first-order valence-corrected chi connectivity index (χ1v) is 5.71. The fourth-order valence-corrected chi connectivity index (χ4v) is 2.43. The van der Waals surface area contributed by atoms with E-state index in [1.54, 1.807) is 0 Å². The van der Waals surface area contributed by atoms with Gasteiger partial charge in [0, 0.05) is 6.04 Å².